The van der Waals surface area contributed by atoms with Gasteiger partial charge < -0.3 is 15.2 Å². The molecule has 0 fully saturated rings. The molecule has 0 spiro atoms. The van der Waals surface area contributed by atoms with E-state index in [1.165, 1.54) is 0 Å². The molecule has 3 aromatic carbocycles. The predicted octanol–water partition coefficient (Wildman–Crippen LogP) is 6.69. The molecule has 0 saturated heterocycles. The van der Waals surface area contributed by atoms with Crippen molar-refractivity contribution >= 4 is 5.69 Å². The highest BCUT2D eigenvalue weighted by molar-refractivity contribution is 5.55. The molecule has 2 N–H and O–H groups in total. The van der Waals surface area contributed by atoms with Crippen LogP contribution in [0.4, 0.5) is 5.69 Å². The van der Waals surface area contributed by atoms with Gasteiger partial charge in [0, 0.05) is 0 Å². The third kappa shape index (κ3) is 6.52. The Morgan fingerprint density at radius 2 is 1.12 bits per heavy atom. The highest BCUT2D eigenvalue weighted by atomic mass is 16.5. The average Bonchev–Trinajstić information content (AvgIpc) is 2.73. The Kier molecular flexibility index (Phi) is 10.1. The molecule has 0 heterocycles. The van der Waals surface area contributed by atoms with Crippen LogP contribution in [0.15, 0.2) is 78.9 Å². The SMILES string of the molecule is CC.CC.Nc1ccccc1Oc1ccccc1OCc1ccccc1. The quantitative estimate of drug-likeness (QED) is 0.521. The highest BCUT2D eigenvalue weighted by Crippen LogP contribution is 2.34. The number of ether oxygens (including phenoxy) is 2. The molecule has 0 unspecified atom stereocenters. The van der Waals surface area contributed by atoms with Crippen molar-refractivity contribution < 1.29 is 9.47 Å². The lowest BCUT2D eigenvalue weighted by atomic mass is 10.2. The summed E-state index contributed by atoms with van der Waals surface area (Å²) in [5.41, 5.74) is 7.62. The summed E-state index contributed by atoms with van der Waals surface area (Å²) in [7, 11) is 0. The van der Waals surface area contributed by atoms with E-state index in [2.05, 4.69) is 0 Å². The fraction of sp³-hybridized carbons (Fsp3) is 0.217. The largest absolute Gasteiger partial charge is 0.485 e. The molecular weight excluding hydrogens is 322 g/mol. The highest BCUT2D eigenvalue weighted by Gasteiger charge is 2.07. The Bertz CT molecular complexity index is 742. The van der Waals surface area contributed by atoms with Crippen molar-refractivity contribution in [3.05, 3.63) is 84.4 Å². The van der Waals surface area contributed by atoms with Crippen LogP contribution in [-0.4, -0.2) is 0 Å². The lowest BCUT2D eigenvalue weighted by Gasteiger charge is -2.13. The number of anilines is 1. The molecule has 138 valence electrons. The van der Waals surface area contributed by atoms with Gasteiger partial charge in [0.15, 0.2) is 17.2 Å². The zero-order valence-corrected chi connectivity index (χ0v) is 16.1. The van der Waals surface area contributed by atoms with Crippen LogP contribution < -0.4 is 15.2 Å². The molecule has 3 aromatic rings. The molecule has 0 saturated carbocycles. The molecule has 0 atom stereocenters. The van der Waals surface area contributed by atoms with E-state index < -0.39 is 0 Å². The van der Waals surface area contributed by atoms with Gasteiger partial charge in [-0.25, -0.2) is 0 Å². The normalized spacial score (nSPS) is 9.08. The molecule has 26 heavy (non-hydrogen) atoms. The first kappa shape index (κ1) is 21.1. The summed E-state index contributed by atoms with van der Waals surface area (Å²) in [4.78, 5) is 0. The minimum atomic E-state index is 0.492. The topological polar surface area (TPSA) is 44.5 Å². The van der Waals surface area contributed by atoms with Gasteiger partial charge in [0.25, 0.3) is 0 Å². The van der Waals surface area contributed by atoms with E-state index in [9.17, 15) is 0 Å². The van der Waals surface area contributed by atoms with Crippen LogP contribution in [-0.2, 0) is 6.61 Å². The first-order chi connectivity index (χ1) is 12.8. The summed E-state index contributed by atoms with van der Waals surface area (Å²) in [6, 6.07) is 25.0. The summed E-state index contributed by atoms with van der Waals surface area (Å²) < 4.78 is 11.7. The summed E-state index contributed by atoms with van der Waals surface area (Å²) in [5, 5.41) is 0. The third-order valence-electron chi connectivity index (χ3n) is 3.23. The molecule has 0 amide bonds. The molecule has 0 bridgehead atoms. The van der Waals surface area contributed by atoms with Crippen molar-refractivity contribution in [3.63, 3.8) is 0 Å². The zero-order chi connectivity index (χ0) is 19.2. The fourth-order valence-electron chi connectivity index (χ4n) is 2.08. The summed E-state index contributed by atoms with van der Waals surface area (Å²) >= 11 is 0. The third-order valence-corrected chi connectivity index (χ3v) is 3.23. The van der Waals surface area contributed by atoms with Gasteiger partial charge in [0.1, 0.15) is 6.61 Å². The maximum Gasteiger partial charge on any atom is 0.169 e. The molecule has 0 aliphatic carbocycles. The second kappa shape index (κ2) is 12.4. The monoisotopic (exact) mass is 351 g/mol. The zero-order valence-electron chi connectivity index (χ0n) is 16.1. The lowest BCUT2D eigenvalue weighted by Crippen LogP contribution is -1.98. The van der Waals surface area contributed by atoms with Crippen molar-refractivity contribution in [2.45, 2.75) is 34.3 Å². The standard InChI is InChI=1S/C19H17NO2.2C2H6/c20-16-10-4-5-11-17(16)22-19-13-7-6-12-18(19)21-14-15-8-2-1-3-9-15;2*1-2/h1-13H,14,20H2;2*1-2H3. The van der Waals surface area contributed by atoms with Gasteiger partial charge in [-0.1, -0.05) is 82.3 Å². The molecule has 3 rings (SSSR count). The smallest absolute Gasteiger partial charge is 0.169 e. The van der Waals surface area contributed by atoms with Crippen molar-refractivity contribution in [2.24, 2.45) is 0 Å². The molecule has 3 nitrogen and oxygen atoms in total. The lowest BCUT2D eigenvalue weighted by molar-refractivity contribution is 0.292. The van der Waals surface area contributed by atoms with Crippen LogP contribution >= 0.6 is 0 Å². The van der Waals surface area contributed by atoms with E-state index >= 15 is 0 Å². The van der Waals surface area contributed by atoms with Crippen LogP contribution in [0.25, 0.3) is 0 Å². The van der Waals surface area contributed by atoms with Gasteiger partial charge in [0.05, 0.1) is 5.69 Å². The Balaban J connectivity index is 0.000000791. The van der Waals surface area contributed by atoms with Gasteiger partial charge in [-0.15, -0.1) is 0 Å². The number of hydrogen-bond donors (Lipinski definition) is 1. The fourth-order valence-corrected chi connectivity index (χ4v) is 2.08. The van der Waals surface area contributed by atoms with Gasteiger partial charge in [0.2, 0.25) is 0 Å². The molecule has 0 radical (unpaired) electrons. The van der Waals surface area contributed by atoms with Crippen LogP contribution in [0.1, 0.15) is 33.3 Å². The second-order valence-corrected chi connectivity index (χ2v) is 4.86. The number of benzene rings is 3. The van der Waals surface area contributed by atoms with Crippen molar-refractivity contribution in [2.75, 3.05) is 5.73 Å². The molecule has 0 aliphatic heterocycles. The molecule has 3 heteroatoms. The summed E-state index contributed by atoms with van der Waals surface area (Å²) in [6.45, 7) is 8.49. The van der Waals surface area contributed by atoms with Crippen LogP contribution in [0.2, 0.25) is 0 Å². The number of rotatable bonds is 5. The van der Waals surface area contributed by atoms with Gasteiger partial charge in [-0.2, -0.15) is 0 Å². The summed E-state index contributed by atoms with van der Waals surface area (Å²) in [5.74, 6) is 1.96. The molecule has 0 aliphatic rings. The van der Waals surface area contributed by atoms with E-state index in [-0.39, 0.29) is 0 Å². The maximum atomic E-state index is 5.92. The van der Waals surface area contributed by atoms with E-state index in [0.717, 1.165) is 5.56 Å². The molecular formula is C23H29NO2. The predicted molar refractivity (Wildman–Crippen MR) is 111 cm³/mol. The van der Waals surface area contributed by atoms with Crippen LogP contribution in [0.3, 0.4) is 0 Å². The van der Waals surface area contributed by atoms with E-state index in [1.807, 2.05) is 107 Å². The van der Waals surface area contributed by atoms with Crippen LogP contribution in [0.5, 0.6) is 17.2 Å². The Hall–Kier alpha value is -2.94. The minimum absolute atomic E-state index is 0.492. The Morgan fingerprint density at radius 3 is 1.73 bits per heavy atom. The van der Waals surface area contributed by atoms with Crippen molar-refractivity contribution in [3.8, 4) is 17.2 Å². The van der Waals surface area contributed by atoms with Crippen LogP contribution in [0, 0.1) is 0 Å². The number of nitrogens with two attached hydrogens (primary N) is 1. The van der Waals surface area contributed by atoms with Crippen molar-refractivity contribution in [1.29, 1.82) is 0 Å². The van der Waals surface area contributed by atoms with Gasteiger partial charge >= 0.3 is 0 Å². The Morgan fingerprint density at radius 1 is 0.615 bits per heavy atom. The number of para-hydroxylation sites is 4. The van der Waals surface area contributed by atoms with E-state index in [4.69, 9.17) is 15.2 Å². The van der Waals surface area contributed by atoms with Crippen molar-refractivity contribution in [1.82, 2.24) is 0 Å². The first-order valence-corrected chi connectivity index (χ1v) is 9.11. The van der Waals surface area contributed by atoms with E-state index in [0.29, 0.717) is 29.5 Å². The maximum absolute atomic E-state index is 5.92. The minimum Gasteiger partial charge on any atom is -0.485 e. The van der Waals surface area contributed by atoms with Gasteiger partial charge in [-0.05, 0) is 29.8 Å². The first-order valence-electron chi connectivity index (χ1n) is 9.11. The summed E-state index contributed by atoms with van der Waals surface area (Å²) in [6.07, 6.45) is 0. The molecule has 0 aromatic heterocycles. The Labute approximate surface area is 157 Å². The number of hydrogen-bond acceptors (Lipinski definition) is 3. The van der Waals surface area contributed by atoms with E-state index in [1.54, 1.807) is 0 Å². The number of nitrogen functional groups attached to an aromatic ring is 1. The van der Waals surface area contributed by atoms with Gasteiger partial charge in [-0.3, -0.25) is 0 Å². The second-order valence-electron chi connectivity index (χ2n) is 4.86. The average molecular weight is 351 g/mol.